The molecule has 1 atom stereocenters. The Morgan fingerprint density at radius 1 is 0.571 bits per heavy atom. The highest BCUT2D eigenvalue weighted by molar-refractivity contribution is 7.79. The van der Waals surface area contributed by atoms with Crippen molar-refractivity contribution in [2.24, 2.45) is 0 Å². The average molecular weight is 383 g/mol. The van der Waals surface area contributed by atoms with Crippen molar-refractivity contribution >= 4 is 11.1 Å². The molecule has 0 aliphatic carbocycles. The van der Waals surface area contributed by atoms with Crippen molar-refractivity contribution in [2.45, 2.75) is 11.8 Å². The Balaban J connectivity index is 1.89. The fourth-order valence-corrected chi connectivity index (χ4v) is 3.91. The van der Waals surface area contributed by atoms with Gasteiger partial charge in [-0.3, -0.25) is 4.21 Å². The maximum absolute atomic E-state index is 11.3. The fraction of sp³-hybridized carbons (Fsp3) is 0.0400. The third kappa shape index (κ3) is 3.81. The van der Waals surface area contributed by atoms with Crippen LogP contribution in [0, 0.1) is 6.92 Å². The predicted molar refractivity (Wildman–Crippen MR) is 115 cm³/mol. The predicted octanol–water partition coefficient (Wildman–Crippen LogP) is 6.23. The van der Waals surface area contributed by atoms with Gasteiger partial charge in [0.05, 0.1) is 0 Å². The Labute approximate surface area is 167 Å². The van der Waals surface area contributed by atoms with Gasteiger partial charge in [-0.25, -0.2) is 0 Å². The SMILES string of the molecule is Cc1cc(-c2cc(-c3ccccc3)cc(-c3ccccc3)c2)ccc1S(=O)[O-]. The van der Waals surface area contributed by atoms with Gasteiger partial charge in [-0.15, -0.1) is 0 Å². The van der Waals surface area contributed by atoms with Crippen LogP contribution in [0.1, 0.15) is 5.56 Å². The summed E-state index contributed by atoms with van der Waals surface area (Å²) in [4.78, 5) is 0.339. The molecule has 0 amide bonds. The summed E-state index contributed by atoms with van der Waals surface area (Å²) in [6.07, 6.45) is 0. The molecule has 0 N–H and O–H groups in total. The summed E-state index contributed by atoms with van der Waals surface area (Å²) < 4.78 is 22.7. The minimum absolute atomic E-state index is 0.339. The van der Waals surface area contributed by atoms with Crippen molar-refractivity contribution in [2.75, 3.05) is 0 Å². The largest absolute Gasteiger partial charge is 0.768 e. The van der Waals surface area contributed by atoms with Crippen LogP contribution in [0.3, 0.4) is 0 Å². The lowest BCUT2D eigenvalue weighted by Gasteiger charge is -2.14. The van der Waals surface area contributed by atoms with Crippen LogP contribution in [0.5, 0.6) is 0 Å². The molecule has 0 aliphatic heterocycles. The van der Waals surface area contributed by atoms with Crippen LogP contribution in [-0.2, 0) is 11.1 Å². The first-order valence-electron chi connectivity index (χ1n) is 9.08. The minimum atomic E-state index is -2.22. The van der Waals surface area contributed by atoms with Crippen LogP contribution in [0.15, 0.2) is 102 Å². The number of rotatable bonds is 4. The molecular formula is C25H19O2S-. The van der Waals surface area contributed by atoms with E-state index in [-0.39, 0.29) is 0 Å². The first kappa shape index (κ1) is 18.4. The molecule has 0 spiro atoms. The highest BCUT2D eigenvalue weighted by Crippen LogP contribution is 2.33. The van der Waals surface area contributed by atoms with Crippen molar-refractivity contribution in [3.8, 4) is 33.4 Å². The molecule has 0 heterocycles. The van der Waals surface area contributed by atoms with Crippen LogP contribution in [0.4, 0.5) is 0 Å². The summed E-state index contributed by atoms with van der Waals surface area (Å²) in [5, 5.41) is 0. The van der Waals surface area contributed by atoms with E-state index in [0.29, 0.717) is 4.90 Å². The van der Waals surface area contributed by atoms with Crippen LogP contribution in [0.2, 0.25) is 0 Å². The Kier molecular flexibility index (Phi) is 5.20. The molecule has 28 heavy (non-hydrogen) atoms. The van der Waals surface area contributed by atoms with E-state index in [1.165, 1.54) is 0 Å². The molecule has 4 rings (SSSR count). The first-order chi connectivity index (χ1) is 13.6. The van der Waals surface area contributed by atoms with Crippen molar-refractivity contribution in [1.82, 2.24) is 0 Å². The van der Waals surface area contributed by atoms with Gasteiger partial charge in [-0.2, -0.15) is 0 Å². The molecule has 0 aliphatic rings. The summed E-state index contributed by atoms with van der Waals surface area (Å²) in [5.74, 6) is 0. The van der Waals surface area contributed by atoms with Gasteiger partial charge >= 0.3 is 0 Å². The van der Waals surface area contributed by atoms with Crippen LogP contribution in [-0.4, -0.2) is 8.76 Å². The highest BCUT2D eigenvalue weighted by atomic mass is 32.2. The maximum atomic E-state index is 11.3. The summed E-state index contributed by atoms with van der Waals surface area (Å²) in [6, 6.07) is 32.5. The van der Waals surface area contributed by atoms with Gasteiger partial charge in [0.1, 0.15) is 0 Å². The average Bonchev–Trinajstić information content (AvgIpc) is 2.74. The van der Waals surface area contributed by atoms with Crippen molar-refractivity contribution in [1.29, 1.82) is 0 Å². The first-order valence-corrected chi connectivity index (χ1v) is 10.2. The smallest absolute Gasteiger partial charge is 0.0278 e. The van der Waals surface area contributed by atoms with Crippen molar-refractivity contribution < 1.29 is 8.76 Å². The number of benzene rings is 4. The molecular weight excluding hydrogens is 364 g/mol. The van der Waals surface area contributed by atoms with Gasteiger partial charge in [-0.1, -0.05) is 72.8 Å². The highest BCUT2D eigenvalue weighted by Gasteiger charge is 2.09. The number of hydrogen-bond donors (Lipinski definition) is 0. The molecule has 0 fully saturated rings. The van der Waals surface area contributed by atoms with Crippen LogP contribution in [0.25, 0.3) is 33.4 Å². The normalized spacial score (nSPS) is 11.9. The van der Waals surface area contributed by atoms with E-state index in [9.17, 15) is 8.76 Å². The summed E-state index contributed by atoms with van der Waals surface area (Å²) in [7, 11) is 0. The summed E-state index contributed by atoms with van der Waals surface area (Å²) >= 11 is -2.22. The molecule has 0 saturated heterocycles. The zero-order valence-electron chi connectivity index (χ0n) is 15.5. The third-order valence-electron chi connectivity index (χ3n) is 4.84. The number of hydrogen-bond acceptors (Lipinski definition) is 2. The quantitative estimate of drug-likeness (QED) is 0.392. The molecule has 2 nitrogen and oxygen atoms in total. The van der Waals surface area contributed by atoms with E-state index in [1.54, 1.807) is 6.07 Å². The lowest BCUT2D eigenvalue weighted by molar-refractivity contribution is 0.536. The Morgan fingerprint density at radius 2 is 1.04 bits per heavy atom. The molecule has 138 valence electrons. The fourth-order valence-electron chi connectivity index (χ4n) is 3.40. The summed E-state index contributed by atoms with van der Waals surface area (Å²) in [6.45, 7) is 1.83. The minimum Gasteiger partial charge on any atom is -0.768 e. The molecule has 4 aromatic carbocycles. The van der Waals surface area contributed by atoms with E-state index in [0.717, 1.165) is 38.9 Å². The van der Waals surface area contributed by atoms with Gasteiger partial charge in [0, 0.05) is 4.90 Å². The zero-order chi connectivity index (χ0) is 19.5. The third-order valence-corrected chi connectivity index (χ3v) is 5.65. The molecule has 1 unspecified atom stereocenters. The van der Waals surface area contributed by atoms with Crippen molar-refractivity contribution in [3.05, 3.63) is 103 Å². The summed E-state index contributed by atoms with van der Waals surface area (Å²) in [5.41, 5.74) is 7.37. The maximum Gasteiger partial charge on any atom is 0.0278 e. The Bertz CT molecular complexity index is 1080. The topological polar surface area (TPSA) is 40.1 Å². The van der Waals surface area contributed by atoms with Gasteiger partial charge in [0.25, 0.3) is 0 Å². The molecule has 0 radical (unpaired) electrons. The van der Waals surface area contributed by atoms with Gasteiger partial charge in [0.15, 0.2) is 0 Å². The van der Waals surface area contributed by atoms with Crippen molar-refractivity contribution in [3.63, 3.8) is 0 Å². The zero-order valence-corrected chi connectivity index (χ0v) is 16.3. The van der Waals surface area contributed by atoms with E-state index < -0.39 is 11.1 Å². The van der Waals surface area contributed by atoms with Crippen LogP contribution >= 0.6 is 0 Å². The molecule has 0 bridgehead atoms. The lowest BCUT2D eigenvalue weighted by Crippen LogP contribution is -1.93. The Hall–Kier alpha value is -3.01. The van der Waals surface area contributed by atoms with Gasteiger partial charge in [0.2, 0.25) is 0 Å². The van der Waals surface area contributed by atoms with Gasteiger partial charge < -0.3 is 4.55 Å². The molecule has 4 aromatic rings. The van der Waals surface area contributed by atoms with E-state index >= 15 is 0 Å². The monoisotopic (exact) mass is 383 g/mol. The van der Waals surface area contributed by atoms with Gasteiger partial charge in [-0.05, 0) is 81.2 Å². The molecule has 0 aromatic heterocycles. The molecule has 0 saturated carbocycles. The van der Waals surface area contributed by atoms with Crippen LogP contribution < -0.4 is 0 Å². The number of aryl methyl sites for hydroxylation is 1. The van der Waals surface area contributed by atoms with E-state index in [2.05, 4.69) is 42.5 Å². The standard InChI is InChI=1S/C25H20O2S/c1-18-14-21(12-13-25(18)28(26)27)24-16-22(19-8-4-2-5-9-19)15-23(17-24)20-10-6-3-7-11-20/h2-17H,1H3,(H,26,27)/p-1. The second-order valence-corrected chi connectivity index (χ2v) is 7.66. The van der Waals surface area contributed by atoms with E-state index in [1.807, 2.05) is 55.5 Å². The second kappa shape index (κ2) is 7.93. The Morgan fingerprint density at radius 3 is 1.46 bits per heavy atom. The second-order valence-electron chi connectivity index (χ2n) is 6.75. The molecule has 3 heteroatoms. The van der Waals surface area contributed by atoms with E-state index in [4.69, 9.17) is 0 Å². The lowest BCUT2D eigenvalue weighted by atomic mass is 9.93.